The molecule has 6 nitrogen and oxygen atoms in total. The summed E-state index contributed by atoms with van der Waals surface area (Å²) in [5, 5.41) is 6.02. The minimum Gasteiger partial charge on any atom is -0.496 e. The van der Waals surface area contributed by atoms with E-state index in [1.807, 2.05) is 24.3 Å². The maximum atomic E-state index is 12.2. The summed E-state index contributed by atoms with van der Waals surface area (Å²) in [7, 11) is 3.28. The standard InChI is InChI=1S/C18H23N3O3/c1-23-12-11-20-17-13-15(8-9-19-17)18(22)21-10-7-14-5-3-4-6-16(14)24-2/h3-6,8-9,13H,7,10-12H2,1-2H3,(H,19,20)(H,21,22). The van der Waals surface area contributed by atoms with Gasteiger partial charge < -0.3 is 20.1 Å². The van der Waals surface area contributed by atoms with Gasteiger partial charge >= 0.3 is 0 Å². The first-order valence-electron chi connectivity index (χ1n) is 7.83. The Hall–Kier alpha value is -2.60. The zero-order valence-corrected chi connectivity index (χ0v) is 14.0. The van der Waals surface area contributed by atoms with Crippen LogP contribution >= 0.6 is 0 Å². The van der Waals surface area contributed by atoms with Gasteiger partial charge in [0.2, 0.25) is 0 Å². The van der Waals surface area contributed by atoms with Crippen LogP contribution in [0, 0.1) is 0 Å². The Morgan fingerprint density at radius 3 is 2.79 bits per heavy atom. The van der Waals surface area contributed by atoms with Crippen molar-refractivity contribution in [3.63, 3.8) is 0 Å². The fourth-order valence-corrected chi connectivity index (χ4v) is 2.27. The maximum absolute atomic E-state index is 12.2. The number of hydrogen-bond donors (Lipinski definition) is 2. The van der Waals surface area contributed by atoms with Crippen LogP contribution in [0.3, 0.4) is 0 Å². The monoisotopic (exact) mass is 329 g/mol. The van der Waals surface area contributed by atoms with Gasteiger partial charge in [-0.3, -0.25) is 4.79 Å². The first-order valence-corrected chi connectivity index (χ1v) is 7.83. The zero-order valence-electron chi connectivity index (χ0n) is 14.0. The second kappa shape index (κ2) is 9.52. The molecule has 0 atom stereocenters. The number of methoxy groups -OCH3 is 2. The van der Waals surface area contributed by atoms with Gasteiger partial charge in [-0.2, -0.15) is 0 Å². The van der Waals surface area contributed by atoms with Crippen LogP contribution in [0.5, 0.6) is 5.75 Å². The highest BCUT2D eigenvalue weighted by Crippen LogP contribution is 2.17. The Kier molecular flexibility index (Phi) is 7.04. The second-order valence-electron chi connectivity index (χ2n) is 5.17. The maximum Gasteiger partial charge on any atom is 0.251 e. The van der Waals surface area contributed by atoms with Crippen molar-refractivity contribution in [3.05, 3.63) is 53.7 Å². The third kappa shape index (κ3) is 5.24. The summed E-state index contributed by atoms with van der Waals surface area (Å²) in [5.74, 6) is 1.37. The number of anilines is 1. The Bertz CT molecular complexity index is 661. The second-order valence-corrected chi connectivity index (χ2v) is 5.17. The van der Waals surface area contributed by atoms with Crippen LogP contribution in [-0.2, 0) is 11.2 Å². The fourth-order valence-electron chi connectivity index (χ4n) is 2.27. The molecule has 0 bridgehead atoms. The summed E-state index contributed by atoms with van der Waals surface area (Å²) in [6.07, 6.45) is 2.32. The number of pyridine rings is 1. The van der Waals surface area contributed by atoms with E-state index in [2.05, 4.69) is 15.6 Å². The lowest BCUT2D eigenvalue weighted by Crippen LogP contribution is -2.26. The molecule has 0 spiro atoms. The van der Waals surface area contributed by atoms with Gasteiger partial charge in [0.25, 0.3) is 5.91 Å². The number of nitrogens with one attached hydrogen (secondary N) is 2. The lowest BCUT2D eigenvalue weighted by atomic mass is 10.1. The molecule has 24 heavy (non-hydrogen) atoms. The van der Waals surface area contributed by atoms with E-state index in [0.717, 1.165) is 11.3 Å². The Labute approximate surface area is 142 Å². The number of carbonyl (C=O) groups is 1. The molecule has 2 aromatic rings. The predicted octanol–water partition coefficient (Wildman–Crippen LogP) is 2.12. The van der Waals surface area contributed by atoms with Crippen molar-refractivity contribution in [1.29, 1.82) is 0 Å². The van der Waals surface area contributed by atoms with E-state index < -0.39 is 0 Å². The molecule has 128 valence electrons. The van der Waals surface area contributed by atoms with Gasteiger partial charge in [-0.25, -0.2) is 4.98 Å². The number of amides is 1. The number of ether oxygens (including phenoxy) is 2. The lowest BCUT2D eigenvalue weighted by Gasteiger charge is -2.10. The molecule has 0 aliphatic heterocycles. The van der Waals surface area contributed by atoms with Gasteiger partial charge in [-0.1, -0.05) is 18.2 Å². The van der Waals surface area contributed by atoms with Crippen molar-refractivity contribution in [2.75, 3.05) is 39.2 Å². The van der Waals surface area contributed by atoms with Gasteiger partial charge in [0, 0.05) is 32.0 Å². The van der Waals surface area contributed by atoms with E-state index in [1.54, 1.807) is 32.5 Å². The van der Waals surface area contributed by atoms with Crippen LogP contribution in [-0.4, -0.2) is 44.8 Å². The van der Waals surface area contributed by atoms with Gasteiger partial charge in [0.05, 0.1) is 13.7 Å². The van der Waals surface area contributed by atoms with Crippen molar-refractivity contribution in [2.45, 2.75) is 6.42 Å². The minimum absolute atomic E-state index is 0.123. The summed E-state index contributed by atoms with van der Waals surface area (Å²) >= 11 is 0. The summed E-state index contributed by atoms with van der Waals surface area (Å²) in [6.45, 7) is 1.76. The van der Waals surface area contributed by atoms with E-state index >= 15 is 0 Å². The molecule has 0 saturated heterocycles. The molecular formula is C18H23N3O3. The molecule has 0 saturated carbocycles. The molecule has 0 aliphatic rings. The molecule has 1 aromatic heterocycles. The van der Waals surface area contributed by atoms with E-state index in [1.165, 1.54) is 0 Å². The molecule has 0 fully saturated rings. The van der Waals surface area contributed by atoms with Gasteiger partial charge in [-0.05, 0) is 30.2 Å². The number of hydrogen-bond acceptors (Lipinski definition) is 5. The highest BCUT2D eigenvalue weighted by Gasteiger charge is 2.07. The zero-order chi connectivity index (χ0) is 17.2. The third-order valence-electron chi connectivity index (χ3n) is 3.51. The SMILES string of the molecule is COCCNc1cc(C(=O)NCCc2ccccc2OC)ccn1. The van der Waals surface area contributed by atoms with Crippen LogP contribution in [0.25, 0.3) is 0 Å². The molecule has 1 amide bonds. The van der Waals surface area contributed by atoms with Crippen LogP contribution in [0.2, 0.25) is 0 Å². The summed E-state index contributed by atoms with van der Waals surface area (Å²) in [5.41, 5.74) is 1.64. The average Bonchev–Trinajstić information content (AvgIpc) is 2.62. The molecule has 0 radical (unpaired) electrons. The van der Waals surface area contributed by atoms with Gasteiger partial charge in [0.15, 0.2) is 0 Å². The summed E-state index contributed by atoms with van der Waals surface area (Å²) < 4.78 is 10.3. The minimum atomic E-state index is -0.123. The first-order chi connectivity index (χ1) is 11.7. The lowest BCUT2D eigenvalue weighted by molar-refractivity contribution is 0.0954. The van der Waals surface area contributed by atoms with Crippen molar-refractivity contribution in [1.82, 2.24) is 10.3 Å². The van der Waals surface area contributed by atoms with E-state index in [9.17, 15) is 4.79 Å². The van der Waals surface area contributed by atoms with Gasteiger partial charge in [0.1, 0.15) is 11.6 Å². The summed E-state index contributed by atoms with van der Waals surface area (Å²) in [4.78, 5) is 16.4. The molecule has 1 heterocycles. The topological polar surface area (TPSA) is 72.5 Å². The van der Waals surface area contributed by atoms with Crippen LogP contribution < -0.4 is 15.4 Å². The highest BCUT2D eigenvalue weighted by molar-refractivity contribution is 5.94. The van der Waals surface area contributed by atoms with Crippen molar-refractivity contribution >= 4 is 11.7 Å². The van der Waals surface area contributed by atoms with Crippen molar-refractivity contribution in [3.8, 4) is 5.75 Å². The van der Waals surface area contributed by atoms with Gasteiger partial charge in [-0.15, -0.1) is 0 Å². The molecule has 0 unspecified atom stereocenters. The number of para-hydroxylation sites is 1. The predicted molar refractivity (Wildman–Crippen MR) is 93.6 cm³/mol. The number of carbonyl (C=O) groups excluding carboxylic acids is 1. The van der Waals surface area contributed by atoms with E-state index in [4.69, 9.17) is 9.47 Å². The Morgan fingerprint density at radius 1 is 1.17 bits per heavy atom. The fraction of sp³-hybridized carbons (Fsp3) is 0.333. The highest BCUT2D eigenvalue weighted by atomic mass is 16.5. The quantitative estimate of drug-likeness (QED) is 0.690. The number of aromatic nitrogens is 1. The molecule has 0 aliphatic carbocycles. The molecular weight excluding hydrogens is 306 g/mol. The van der Waals surface area contributed by atoms with E-state index in [0.29, 0.717) is 37.5 Å². The van der Waals surface area contributed by atoms with Crippen molar-refractivity contribution in [2.24, 2.45) is 0 Å². The third-order valence-corrected chi connectivity index (χ3v) is 3.51. The average molecular weight is 329 g/mol. The number of nitrogens with zero attached hydrogens (tertiary/aromatic N) is 1. The Balaban J connectivity index is 1.87. The van der Waals surface area contributed by atoms with Crippen LogP contribution in [0.4, 0.5) is 5.82 Å². The largest absolute Gasteiger partial charge is 0.496 e. The Morgan fingerprint density at radius 2 is 2.00 bits per heavy atom. The summed E-state index contributed by atoms with van der Waals surface area (Å²) in [6, 6.07) is 11.2. The molecule has 1 aromatic carbocycles. The molecule has 2 rings (SSSR count). The van der Waals surface area contributed by atoms with E-state index in [-0.39, 0.29) is 5.91 Å². The smallest absolute Gasteiger partial charge is 0.251 e. The first kappa shape index (κ1) is 17.7. The molecule has 6 heteroatoms. The normalized spacial score (nSPS) is 10.2. The molecule has 2 N–H and O–H groups in total. The van der Waals surface area contributed by atoms with Crippen LogP contribution in [0.1, 0.15) is 15.9 Å². The van der Waals surface area contributed by atoms with Crippen molar-refractivity contribution < 1.29 is 14.3 Å². The van der Waals surface area contributed by atoms with Crippen LogP contribution in [0.15, 0.2) is 42.6 Å². The number of benzene rings is 1. The number of rotatable bonds is 9.